The molecule has 100 valence electrons. The molecule has 0 heterocycles. The largest absolute Gasteiger partial charge is 0.378 e. The van der Waals surface area contributed by atoms with E-state index in [1.54, 1.807) is 0 Å². The van der Waals surface area contributed by atoms with Crippen LogP contribution < -0.4 is 16.0 Å². The number of nitrogens with two attached hydrogens (primary N) is 1. The van der Waals surface area contributed by atoms with Crippen molar-refractivity contribution in [3.63, 3.8) is 0 Å². The quantitative estimate of drug-likeness (QED) is 0.728. The predicted molar refractivity (Wildman–Crippen MR) is 76.9 cm³/mol. The van der Waals surface area contributed by atoms with Crippen molar-refractivity contribution in [1.29, 1.82) is 0 Å². The van der Waals surface area contributed by atoms with E-state index in [9.17, 15) is 4.79 Å². The van der Waals surface area contributed by atoms with Gasteiger partial charge in [-0.25, -0.2) is 0 Å². The van der Waals surface area contributed by atoms with Crippen LogP contribution in [0.3, 0.4) is 0 Å². The van der Waals surface area contributed by atoms with Gasteiger partial charge in [-0.3, -0.25) is 4.79 Å². The number of carbonyl (C=O) groups is 1. The Morgan fingerprint density at radius 1 is 1.17 bits per heavy atom. The van der Waals surface area contributed by atoms with Crippen LogP contribution in [0.4, 0.5) is 11.4 Å². The minimum atomic E-state index is 0.0737. The van der Waals surface area contributed by atoms with Gasteiger partial charge in [0.05, 0.1) is 0 Å². The maximum Gasteiger partial charge on any atom is 0.224 e. The molecule has 4 heteroatoms. The fourth-order valence-electron chi connectivity index (χ4n) is 1.67. The lowest BCUT2D eigenvalue weighted by Gasteiger charge is -2.13. The number of carbonyl (C=O) groups excluding carboxylic acids is 1. The zero-order valence-corrected chi connectivity index (χ0v) is 11.3. The Morgan fingerprint density at radius 2 is 1.83 bits per heavy atom. The van der Waals surface area contributed by atoms with Crippen molar-refractivity contribution < 1.29 is 4.79 Å². The first-order valence-electron chi connectivity index (χ1n) is 6.41. The maximum atomic E-state index is 11.6. The van der Waals surface area contributed by atoms with Crippen LogP contribution in [-0.4, -0.2) is 26.5 Å². The average molecular weight is 249 g/mol. The Balaban J connectivity index is 2.35. The van der Waals surface area contributed by atoms with E-state index >= 15 is 0 Å². The molecule has 18 heavy (non-hydrogen) atoms. The number of hydrogen-bond donors (Lipinski definition) is 2. The Bertz CT molecular complexity index is 360. The number of hydrogen-bond acceptors (Lipinski definition) is 3. The van der Waals surface area contributed by atoms with Gasteiger partial charge in [-0.15, -0.1) is 0 Å². The number of anilines is 2. The molecule has 0 aliphatic carbocycles. The zero-order valence-electron chi connectivity index (χ0n) is 11.3. The molecule has 0 fully saturated rings. The molecule has 0 spiro atoms. The third kappa shape index (κ3) is 5.19. The molecule has 1 rings (SSSR count). The van der Waals surface area contributed by atoms with Gasteiger partial charge in [0.15, 0.2) is 0 Å². The van der Waals surface area contributed by atoms with E-state index in [0.717, 1.165) is 30.6 Å². The second-order valence-electron chi connectivity index (χ2n) is 4.59. The highest BCUT2D eigenvalue weighted by Gasteiger charge is 2.02. The normalized spacial score (nSPS) is 10.2. The van der Waals surface area contributed by atoms with Gasteiger partial charge in [0.2, 0.25) is 5.91 Å². The van der Waals surface area contributed by atoms with Crippen LogP contribution in [0.15, 0.2) is 24.3 Å². The maximum absolute atomic E-state index is 11.6. The van der Waals surface area contributed by atoms with Gasteiger partial charge in [-0.1, -0.05) is 6.42 Å². The molecule has 0 aromatic heterocycles. The summed E-state index contributed by atoms with van der Waals surface area (Å²) in [6.07, 6.45) is 3.47. The highest BCUT2D eigenvalue weighted by Crippen LogP contribution is 2.16. The van der Waals surface area contributed by atoms with Crippen LogP contribution >= 0.6 is 0 Å². The Labute approximate surface area is 109 Å². The molecule has 0 saturated heterocycles. The topological polar surface area (TPSA) is 58.4 Å². The van der Waals surface area contributed by atoms with E-state index in [2.05, 4.69) is 5.32 Å². The molecule has 1 aromatic carbocycles. The summed E-state index contributed by atoms with van der Waals surface area (Å²) in [7, 11) is 3.98. The molecule has 0 radical (unpaired) electrons. The van der Waals surface area contributed by atoms with Crippen LogP contribution in [0, 0.1) is 0 Å². The van der Waals surface area contributed by atoms with Crippen LogP contribution in [0.25, 0.3) is 0 Å². The SMILES string of the molecule is CN(C)c1ccc(NC(=O)CCCCCN)cc1. The summed E-state index contributed by atoms with van der Waals surface area (Å²) in [4.78, 5) is 13.7. The van der Waals surface area contributed by atoms with E-state index in [1.165, 1.54) is 0 Å². The first kappa shape index (κ1) is 14.5. The van der Waals surface area contributed by atoms with Gasteiger partial charge in [0.25, 0.3) is 0 Å². The summed E-state index contributed by atoms with van der Waals surface area (Å²) in [5.41, 5.74) is 7.38. The Morgan fingerprint density at radius 3 is 2.39 bits per heavy atom. The highest BCUT2D eigenvalue weighted by molar-refractivity contribution is 5.90. The van der Waals surface area contributed by atoms with E-state index in [-0.39, 0.29) is 5.91 Å². The fraction of sp³-hybridized carbons (Fsp3) is 0.500. The molecule has 0 saturated carbocycles. The monoisotopic (exact) mass is 249 g/mol. The van der Waals surface area contributed by atoms with Crippen LogP contribution in [0.5, 0.6) is 0 Å². The number of benzene rings is 1. The van der Waals surface area contributed by atoms with E-state index < -0.39 is 0 Å². The fourth-order valence-corrected chi connectivity index (χ4v) is 1.67. The van der Waals surface area contributed by atoms with Crippen molar-refractivity contribution in [2.24, 2.45) is 5.73 Å². The number of unbranched alkanes of at least 4 members (excludes halogenated alkanes) is 2. The molecule has 3 N–H and O–H groups in total. The number of nitrogens with zero attached hydrogens (tertiary/aromatic N) is 1. The molecular formula is C14H23N3O. The average Bonchev–Trinajstić information content (AvgIpc) is 2.35. The lowest BCUT2D eigenvalue weighted by Crippen LogP contribution is -2.12. The first-order chi connectivity index (χ1) is 8.63. The molecule has 1 amide bonds. The lowest BCUT2D eigenvalue weighted by atomic mass is 10.2. The molecule has 0 aliphatic heterocycles. The van der Waals surface area contributed by atoms with Crippen molar-refractivity contribution in [2.45, 2.75) is 25.7 Å². The van der Waals surface area contributed by atoms with Crippen LogP contribution in [0.2, 0.25) is 0 Å². The van der Waals surface area contributed by atoms with E-state index in [4.69, 9.17) is 5.73 Å². The van der Waals surface area contributed by atoms with E-state index in [0.29, 0.717) is 13.0 Å². The lowest BCUT2D eigenvalue weighted by molar-refractivity contribution is -0.116. The minimum absolute atomic E-state index is 0.0737. The second-order valence-corrected chi connectivity index (χ2v) is 4.59. The summed E-state index contributed by atoms with van der Waals surface area (Å²) in [6, 6.07) is 7.83. The smallest absolute Gasteiger partial charge is 0.224 e. The third-order valence-corrected chi connectivity index (χ3v) is 2.78. The Hall–Kier alpha value is -1.55. The molecular weight excluding hydrogens is 226 g/mol. The van der Waals surface area contributed by atoms with Gasteiger partial charge < -0.3 is 16.0 Å². The third-order valence-electron chi connectivity index (χ3n) is 2.78. The van der Waals surface area contributed by atoms with Crippen molar-refractivity contribution in [3.05, 3.63) is 24.3 Å². The van der Waals surface area contributed by atoms with Crippen LogP contribution in [-0.2, 0) is 4.79 Å². The minimum Gasteiger partial charge on any atom is -0.378 e. The van der Waals surface area contributed by atoms with Crippen molar-refractivity contribution in [3.8, 4) is 0 Å². The second kappa shape index (κ2) is 7.71. The highest BCUT2D eigenvalue weighted by atomic mass is 16.1. The van der Waals surface area contributed by atoms with Gasteiger partial charge in [-0.05, 0) is 43.7 Å². The summed E-state index contributed by atoms with van der Waals surface area (Å²) < 4.78 is 0. The molecule has 1 aromatic rings. The molecule has 0 aliphatic rings. The Kier molecular flexibility index (Phi) is 6.22. The zero-order chi connectivity index (χ0) is 13.4. The molecule has 0 atom stereocenters. The van der Waals surface area contributed by atoms with Gasteiger partial charge in [-0.2, -0.15) is 0 Å². The van der Waals surface area contributed by atoms with Gasteiger partial charge in [0, 0.05) is 31.9 Å². The number of amides is 1. The van der Waals surface area contributed by atoms with Crippen molar-refractivity contribution in [1.82, 2.24) is 0 Å². The molecule has 0 bridgehead atoms. The van der Waals surface area contributed by atoms with Gasteiger partial charge >= 0.3 is 0 Å². The first-order valence-corrected chi connectivity index (χ1v) is 6.41. The predicted octanol–water partition coefficient (Wildman–Crippen LogP) is 2.21. The van der Waals surface area contributed by atoms with Crippen molar-refractivity contribution >= 4 is 17.3 Å². The molecule has 0 unspecified atom stereocenters. The standard InChI is InChI=1S/C14H23N3O/c1-17(2)13-9-7-12(8-10-13)16-14(18)6-4-3-5-11-15/h7-10H,3-6,11,15H2,1-2H3,(H,16,18). The molecule has 4 nitrogen and oxygen atoms in total. The summed E-state index contributed by atoms with van der Waals surface area (Å²) in [5, 5.41) is 2.90. The number of rotatable bonds is 7. The summed E-state index contributed by atoms with van der Waals surface area (Å²) >= 11 is 0. The van der Waals surface area contributed by atoms with E-state index in [1.807, 2.05) is 43.3 Å². The van der Waals surface area contributed by atoms with Crippen molar-refractivity contribution in [2.75, 3.05) is 30.9 Å². The number of nitrogens with one attached hydrogen (secondary N) is 1. The summed E-state index contributed by atoms with van der Waals surface area (Å²) in [6.45, 7) is 0.702. The van der Waals surface area contributed by atoms with Crippen LogP contribution in [0.1, 0.15) is 25.7 Å². The summed E-state index contributed by atoms with van der Waals surface area (Å²) in [5.74, 6) is 0.0737. The van der Waals surface area contributed by atoms with Gasteiger partial charge in [0.1, 0.15) is 0 Å².